The van der Waals surface area contributed by atoms with Crippen molar-refractivity contribution in [3.63, 3.8) is 0 Å². The minimum absolute atomic E-state index is 0.565. The van der Waals surface area contributed by atoms with Crippen LogP contribution in [0.4, 0.5) is 4.79 Å². The monoisotopic (exact) mass is 193 g/mol. The minimum Gasteiger partial charge on any atom is -0.465 e. The third kappa shape index (κ3) is 3.71. The molecule has 1 amide bonds. The first-order chi connectivity index (χ1) is 6.83. The van der Waals surface area contributed by atoms with E-state index in [9.17, 15) is 4.79 Å². The van der Waals surface area contributed by atoms with E-state index in [0.29, 0.717) is 6.42 Å². The molecule has 0 aromatic carbocycles. The summed E-state index contributed by atoms with van der Waals surface area (Å²) < 4.78 is 9.38. The van der Waals surface area contributed by atoms with Crippen molar-refractivity contribution in [1.82, 2.24) is 0 Å². The van der Waals surface area contributed by atoms with E-state index in [1.54, 1.807) is 6.26 Å². The molecule has 1 heterocycles. The third-order valence-corrected chi connectivity index (χ3v) is 1.44. The summed E-state index contributed by atoms with van der Waals surface area (Å²) in [6.45, 7) is 0. The van der Waals surface area contributed by atoms with Crippen molar-refractivity contribution in [3.8, 4) is 0 Å². The summed E-state index contributed by atoms with van der Waals surface area (Å²) >= 11 is 0. The zero-order chi connectivity index (χ0) is 10.2. The quantitative estimate of drug-likeness (QED) is 0.693. The summed E-state index contributed by atoms with van der Waals surface area (Å²) in [6.07, 6.45) is 6.70. The highest BCUT2D eigenvalue weighted by molar-refractivity contribution is 5.79. The minimum atomic E-state index is -0.587. The first kappa shape index (κ1) is 10.2. The molecule has 1 aromatic rings. The van der Waals surface area contributed by atoms with Crippen LogP contribution in [0.25, 0.3) is 6.08 Å². The summed E-state index contributed by atoms with van der Waals surface area (Å²) in [5, 5.41) is 0. The van der Waals surface area contributed by atoms with Gasteiger partial charge in [-0.3, -0.25) is 0 Å². The van der Waals surface area contributed by atoms with Crippen molar-refractivity contribution >= 4 is 18.4 Å². The predicted octanol–water partition coefficient (Wildman–Crippen LogP) is 2.52. The zero-order valence-electron chi connectivity index (χ0n) is 7.84. The van der Waals surface area contributed by atoms with Gasteiger partial charge in [-0.2, -0.15) is 4.99 Å². The SMILES string of the molecule is COC(=O)/N=C/C/C=C/c1ccco1. The van der Waals surface area contributed by atoms with E-state index in [1.807, 2.05) is 24.3 Å². The Labute approximate surface area is 81.9 Å². The molecule has 4 nitrogen and oxygen atoms in total. The second-order valence-corrected chi connectivity index (χ2v) is 2.44. The molecular weight excluding hydrogens is 182 g/mol. The molecule has 0 aliphatic rings. The molecule has 14 heavy (non-hydrogen) atoms. The van der Waals surface area contributed by atoms with Crippen molar-refractivity contribution in [2.24, 2.45) is 4.99 Å². The maximum atomic E-state index is 10.5. The van der Waals surface area contributed by atoms with Crippen LogP contribution >= 0.6 is 0 Å². The molecule has 0 saturated heterocycles. The summed E-state index contributed by atoms with van der Waals surface area (Å²) in [4.78, 5) is 14.0. The first-order valence-electron chi connectivity index (χ1n) is 4.13. The number of nitrogens with zero attached hydrogens (tertiary/aromatic N) is 1. The van der Waals surface area contributed by atoms with E-state index in [-0.39, 0.29) is 0 Å². The van der Waals surface area contributed by atoms with Crippen LogP contribution in [0.3, 0.4) is 0 Å². The van der Waals surface area contributed by atoms with E-state index >= 15 is 0 Å². The lowest BCUT2D eigenvalue weighted by Crippen LogP contribution is -1.91. The van der Waals surface area contributed by atoms with Crippen LogP contribution in [0.2, 0.25) is 0 Å². The molecule has 0 aliphatic carbocycles. The fraction of sp³-hybridized carbons (Fsp3) is 0.200. The molecule has 0 aliphatic heterocycles. The Kier molecular flexibility index (Phi) is 4.20. The molecule has 0 bridgehead atoms. The Balaban J connectivity index is 2.28. The lowest BCUT2D eigenvalue weighted by Gasteiger charge is -1.87. The van der Waals surface area contributed by atoms with Gasteiger partial charge in [-0.05, 0) is 18.2 Å². The smallest absolute Gasteiger partial charge is 0.432 e. The summed E-state index contributed by atoms with van der Waals surface area (Å²) in [5.41, 5.74) is 0. The van der Waals surface area contributed by atoms with Crippen LogP contribution in [0.15, 0.2) is 33.9 Å². The Morgan fingerprint density at radius 3 is 3.21 bits per heavy atom. The average molecular weight is 193 g/mol. The van der Waals surface area contributed by atoms with Gasteiger partial charge in [0, 0.05) is 12.6 Å². The van der Waals surface area contributed by atoms with Gasteiger partial charge in [-0.1, -0.05) is 6.08 Å². The fourth-order valence-corrected chi connectivity index (χ4v) is 0.811. The molecule has 0 radical (unpaired) electrons. The van der Waals surface area contributed by atoms with Crippen LogP contribution < -0.4 is 0 Å². The molecule has 1 aromatic heterocycles. The van der Waals surface area contributed by atoms with Gasteiger partial charge in [0.05, 0.1) is 13.4 Å². The number of furan rings is 1. The average Bonchev–Trinajstić information content (AvgIpc) is 2.69. The number of amides is 1. The highest BCUT2D eigenvalue weighted by Gasteiger charge is 1.89. The van der Waals surface area contributed by atoms with E-state index in [1.165, 1.54) is 13.3 Å². The van der Waals surface area contributed by atoms with Crippen molar-refractivity contribution < 1.29 is 13.9 Å². The van der Waals surface area contributed by atoms with E-state index < -0.39 is 6.09 Å². The molecule has 0 unspecified atom stereocenters. The van der Waals surface area contributed by atoms with Crippen LogP contribution in [-0.4, -0.2) is 19.4 Å². The number of ether oxygens (including phenoxy) is 1. The van der Waals surface area contributed by atoms with Crippen molar-refractivity contribution in [2.75, 3.05) is 7.11 Å². The van der Waals surface area contributed by atoms with Crippen LogP contribution in [0, 0.1) is 0 Å². The number of carbonyl (C=O) groups excluding carboxylic acids is 1. The number of aliphatic imine (C=N–C) groups is 1. The van der Waals surface area contributed by atoms with Crippen LogP contribution in [0.5, 0.6) is 0 Å². The standard InChI is InChI=1S/C10H11NO3/c1-13-10(12)11-7-3-2-5-9-6-4-8-14-9/h2,4-8H,3H2,1H3/b5-2+,11-7+. The van der Waals surface area contributed by atoms with Gasteiger partial charge in [0.15, 0.2) is 0 Å². The van der Waals surface area contributed by atoms with Crippen molar-refractivity contribution in [3.05, 3.63) is 30.2 Å². The fourth-order valence-electron chi connectivity index (χ4n) is 0.811. The lowest BCUT2D eigenvalue weighted by molar-refractivity contribution is 0.182. The number of hydrogen-bond donors (Lipinski definition) is 0. The molecule has 0 spiro atoms. The van der Waals surface area contributed by atoms with E-state index in [2.05, 4.69) is 9.73 Å². The van der Waals surface area contributed by atoms with Crippen LogP contribution in [0.1, 0.15) is 12.2 Å². The summed E-state index contributed by atoms with van der Waals surface area (Å²) in [5.74, 6) is 0.775. The largest absolute Gasteiger partial charge is 0.465 e. The molecule has 0 fully saturated rings. The Hall–Kier alpha value is -1.84. The molecule has 0 N–H and O–H groups in total. The molecule has 0 saturated carbocycles. The molecular formula is C10H11NO3. The van der Waals surface area contributed by atoms with Crippen molar-refractivity contribution in [1.29, 1.82) is 0 Å². The van der Waals surface area contributed by atoms with Crippen LogP contribution in [-0.2, 0) is 4.74 Å². The summed E-state index contributed by atoms with van der Waals surface area (Å²) in [7, 11) is 1.29. The number of carbonyl (C=O) groups is 1. The molecule has 4 heteroatoms. The maximum absolute atomic E-state index is 10.5. The second-order valence-electron chi connectivity index (χ2n) is 2.44. The van der Waals surface area contributed by atoms with Gasteiger partial charge in [-0.15, -0.1) is 0 Å². The van der Waals surface area contributed by atoms with E-state index in [0.717, 1.165) is 5.76 Å². The van der Waals surface area contributed by atoms with Gasteiger partial charge in [0.25, 0.3) is 0 Å². The highest BCUT2D eigenvalue weighted by Crippen LogP contribution is 2.02. The van der Waals surface area contributed by atoms with Gasteiger partial charge in [0.1, 0.15) is 5.76 Å². The normalized spacial score (nSPS) is 11.2. The Morgan fingerprint density at radius 2 is 2.57 bits per heavy atom. The number of allylic oxidation sites excluding steroid dienone is 1. The molecule has 1 rings (SSSR count). The second kappa shape index (κ2) is 5.75. The Morgan fingerprint density at radius 1 is 1.71 bits per heavy atom. The van der Waals surface area contributed by atoms with Gasteiger partial charge in [-0.25, -0.2) is 4.79 Å². The first-order valence-corrected chi connectivity index (χ1v) is 4.13. The number of methoxy groups -OCH3 is 1. The number of rotatable bonds is 3. The van der Waals surface area contributed by atoms with Gasteiger partial charge >= 0.3 is 6.09 Å². The lowest BCUT2D eigenvalue weighted by atomic mass is 10.3. The summed E-state index contributed by atoms with van der Waals surface area (Å²) in [6, 6.07) is 3.65. The predicted molar refractivity (Wildman–Crippen MR) is 53.3 cm³/mol. The Bertz CT molecular complexity index is 325. The van der Waals surface area contributed by atoms with E-state index in [4.69, 9.17) is 4.42 Å². The topological polar surface area (TPSA) is 51.8 Å². The maximum Gasteiger partial charge on any atom is 0.432 e. The van der Waals surface area contributed by atoms with Crippen molar-refractivity contribution in [2.45, 2.75) is 6.42 Å². The number of hydrogen-bond acceptors (Lipinski definition) is 3. The third-order valence-electron chi connectivity index (χ3n) is 1.44. The van der Waals surface area contributed by atoms with Gasteiger partial charge < -0.3 is 9.15 Å². The molecule has 0 atom stereocenters. The van der Waals surface area contributed by atoms with Gasteiger partial charge in [0.2, 0.25) is 0 Å². The zero-order valence-corrected chi connectivity index (χ0v) is 7.84. The molecule has 74 valence electrons. The highest BCUT2D eigenvalue weighted by atomic mass is 16.5.